The maximum absolute atomic E-state index is 13.8. The molecule has 2 heterocycles. The van der Waals surface area contributed by atoms with Gasteiger partial charge in [-0.2, -0.15) is 9.46 Å². The average molecular weight is 412 g/mol. The lowest BCUT2D eigenvalue weighted by atomic mass is 10.1. The molecule has 2 fully saturated rings. The molecular weight excluding hydrogens is 391 g/mol. The number of carbonyl (C=O) groups excluding carboxylic acids is 1. The van der Waals surface area contributed by atoms with Crippen LogP contribution in [0.2, 0.25) is 0 Å². The lowest BCUT2D eigenvalue weighted by Crippen LogP contribution is -2.16. The predicted molar refractivity (Wildman–Crippen MR) is 108 cm³/mol. The molecule has 29 heavy (non-hydrogen) atoms. The summed E-state index contributed by atoms with van der Waals surface area (Å²) in [6.45, 7) is 1.88. The fourth-order valence-electron chi connectivity index (χ4n) is 3.30. The van der Waals surface area contributed by atoms with Crippen LogP contribution in [0.4, 0.5) is 4.39 Å². The van der Waals surface area contributed by atoms with Gasteiger partial charge in [-0.05, 0) is 49.8 Å². The minimum Gasteiger partial charge on any atom is -0.271 e. The molecule has 150 valence electrons. The fourth-order valence-corrected chi connectivity index (χ4v) is 5.72. The Morgan fingerprint density at radius 3 is 2.79 bits per heavy atom. The summed E-state index contributed by atoms with van der Waals surface area (Å²) in [7, 11) is -2.83. The second-order valence-corrected chi connectivity index (χ2v) is 10.6. The van der Waals surface area contributed by atoms with Gasteiger partial charge in [0.05, 0.1) is 33.3 Å². The van der Waals surface area contributed by atoms with Crippen LogP contribution in [0.3, 0.4) is 0 Å². The number of rotatable bonds is 5. The van der Waals surface area contributed by atoms with E-state index in [0.29, 0.717) is 27.8 Å². The first-order valence-corrected chi connectivity index (χ1v) is 11.4. The van der Waals surface area contributed by atoms with E-state index in [1.807, 2.05) is 6.92 Å². The molecule has 2 aliphatic carbocycles. The molecule has 0 saturated heterocycles. The lowest BCUT2D eigenvalue weighted by Gasteiger charge is -2.11. The summed E-state index contributed by atoms with van der Waals surface area (Å²) in [5, 5.41) is 5.21. The van der Waals surface area contributed by atoms with Gasteiger partial charge in [-0.15, -0.1) is 0 Å². The molecule has 1 aromatic carbocycles. The average Bonchev–Trinajstić information content (AvgIpc) is 3.60. The quantitative estimate of drug-likeness (QED) is 0.631. The van der Waals surface area contributed by atoms with Gasteiger partial charge in [0.15, 0.2) is 0 Å². The number of hydrogen-bond donors (Lipinski definition) is 0. The van der Waals surface area contributed by atoms with Crippen molar-refractivity contribution >= 4 is 26.5 Å². The number of aromatic nitrogens is 3. The normalized spacial score (nSPS) is 19.7. The van der Waals surface area contributed by atoms with Crippen molar-refractivity contribution < 1.29 is 13.4 Å². The van der Waals surface area contributed by atoms with Crippen molar-refractivity contribution in [3.63, 3.8) is 0 Å². The van der Waals surface area contributed by atoms with Gasteiger partial charge in [0, 0.05) is 33.7 Å². The van der Waals surface area contributed by atoms with Crippen molar-refractivity contribution in [3.05, 3.63) is 48.7 Å². The first kappa shape index (κ1) is 18.4. The molecule has 1 unspecified atom stereocenters. The number of pyridine rings is 1. The summed E-state index contributed by atoms with van der Waals surface area (Å²) in [6.07, 6.45) is 8.09. The molecular formula is C21H21FN4O2S. The first-order chi connectivity index (χ1) is 13.8. The molecule has 1 atom stereocenters. The van der Waals surface area contributed by atoms with E-state index in [2.05, 4.69) is 14.4 Å². The largest absolute Gasteiger partial charge is 0.271 e. The van der Waals surface area contributed by atoms with Crippen molar-refractivity contribution in [1.82, 2.24) is 14.8 Å². The summed E-state index contributed by atoms with van der Waals surface area (Å²) in [5.41, 5.74) is 0.751. The first-order valence-electron chi connectivity index (χ1n) is 9.74. The van der Waals surface area contributed by atoms with Gasteiger partial charge < -0.3 is 0 Å². The van der Waals surface area contributed by atoms with Crippen LogP contribution in [0, 0.1) is 17.2 Å². The minimum absolute atomic E-state index is 0.246. The fraction of sp³-hybridized carbons (Fsp3) is 0.381. The van der Waals surface area contributed by atoms with E-state index in [4.69, 9.17) is 0 Å². The van der Waals surface area contributed by atoms with Crippen LogP contribution in [0.15, 0.2) is 52.1 Å². The van der Waals surface area contributed by atoms with Gasteiger partial charge >= 0.3 is 0 Å². The molecule has 0 radical (unpaired) electrons. The van der Waals surface area contributed by atoms with Crippen LogP contribution in [-0.4, -0.2) is 30.6 Å². The molecule has 6 nitrogen and oxygen atoms in total. The van der Waals surface area contributed by atoms with Crippen molar-refractivity contribution in [3.8, 4) is 5.69 Å². The number of carbonyl (C=O) groups is 1. The Balaban J connectivity index is 1.57. The Kier molecular flexibility index (Phi) is 4.10. The summed E-state index contributed by atoms with van der Waals surface area (Å²) < 4.78 is 33.1. The third kappa shape index (κ3) is 3.57. The minimum atomic E-state index is -2.83. The Labute approximate surface area is 168 Å². The zero-order valence-corrected chi connectivity index (χ0v) is 16.9. The smallest absolute Gasteiger partial charge is 0.259 e. The van der Waals surface area contributed by atoms with E-state index in [1.54, 1.807) is 29.1 Å². The molecule has 0 spiro atoms. The summed E-state index contributed by atoms with van der Waals surface area (Å²) in [4.78, 5) is 17.0. The maximum Gasteiger partial charge on any atom is 0.259 e. The van der Waals surface area contributed by atoms with Crippen molar-refractivity contribution in [2.75, 3.05) is 5.75 Å². The van der Waals surface area contributed by atoms with Crippen LogP contribution >= 0.6 is 0 Å². The topological polar surface area (TPSA) is 77.2 Å². The number of amides is 1. The second kappa shape index (κ2) is 6.45. The summed E-state index contributed by atoms with van der Waals surface area (Å²) in [5.74, 6) is 0.0937. The highest BCUT2D eigenvalue weighted by molar-refractivity contribution is 7.94. The molecule has 2 aromatic heterocycles. The van der Waals surface area contributed by atoms with Gasteiger partial charge in [-0.1, -0.05) is 6.92 Å². The zero-order valence-electron chi connectivity index (χ0n) is 16.0. The van der Waals surface area contributed by atoms with Gasteiger partial charge in [0.2, 0.25) is 0 Å². The van der Waals surface area contributed by atoms with Crippen LogP contribution in [0.5, 0.6) is 0 Å². The van der Waals surface area contributed by atoms with Crippen LogP contribution in [0.1, 0.15) is 32.6 Å². The van der Waals surface area contributed by atoms with E-state index in [0.717, 1.165) is 37.3 Å². The summed E-state index contributed by atoms with van der Waals surface area (Å²) in [6, 6.07) is 6.67. The van der Waals surface area contributed by atoms with Crippen LogP contribution in [-0.2, 0) is 14.5 Å². The molecule has 5 rings (SSSR count). The van der Waals surface area contributed by atoms with E-state index in [1.165, 1.54) is 12.3 Å². The summed E-state index contributed by atoms with van der Waals surface area (Å²) >= 11 is 0. The van der Waals surface area contributed by atoms with Crippen molar-refractivity contribution in [1.29, 1.82) is 0 Å². The van der Waals surface area contributed by atoms with E-state index >= 15 is 0 Å². The Morgan fingerprint density at radius 1 is 1.31 bits per heavy atom. The molecule has 8 heteroatoms. The molecule has 0 N–H and O–H groups in total. The molecule has 3 aromatic rings. The maximum atomic E-state index is 13.8. The van der Waals surface area contributed by atoms with Gasteiger partial charge in [-0.3, -0.25) is 9.78 Å². The Bertz CT molecular complexity index is 1250. The molecule has 2 saturated carbocycles. The highest BCUT2D eigenvalue weighted by Gasteiger charge is 2.46. The highest BCUT2D eigenvalue weighted by Crippen LogP contribution is 2.46. The zero-order chi connectivity index (χ0) is 20.2. The third-order valence-electron chi connectivity index (χ3n) is 5.70. The van der Waals surface area contributed by atoms with Gasteiger partial charge in [-0.25, -0.2) is 13.3 Å². The molecule has 0 aliphatic heterocycles. The standard InChI is InChI=1S/C21H21FN4O2S/c1-21(6-7-21)20(27)25-29(28,13-14-2-3-14)18-4-5-19-15(8-18)12-26(24-19)17-9-16(22)10-23-11-17/h4-5,8-12,14H,2-3,6-7,13H2,1H3. The predicted octanol–water partition coefficient (Wildman–Crippen LogP) is 4.12. The number of nitrogens with zero attached hydrogens (tertiary/aromatic N) is 4. The number of benzene rings is 1. The highest BCUT2D eigenvalue weighted by atomic mass is 32.2. The Hall–Kier alpha value is -2.61. The second-order valence-electron chi connectivity index (χ2n) is 8.36. The lowest BCUT2D eigenvalue weighted by molar-refractivity contribution is -0.122. The number of fused-ring (bicyclic) bond motifs is 1. The van der Waals surface area contributed by atoms with Gasteiger partial charge in [0.1, 0.15) is 5.82 Å². The van der Waals surface area contributed by atoms with E-state index in [-0.39, 0.29) is 5.91 Å². The van der Waals surface area contributed by atoms with Crippen LogP contribution < -0.4 is 0 Å². The van der Waals surface area contributed by atoms with Crippen LogP contribution in [0.25, 0.3) is 16.6 Å². The number of halogens is 1. The van der Waals surface area contributed by atoms with E-state index < -0.39 is 21.0 Å². The van der Waals surface area contributed by atoms with Crippen molar-refractivity contribution in [2.45, 2.75) is 37.5 Å². The SMILES string of the molecule is CC1(C(=O)N=S(=O)(CC2CC2)c2ccc3nn(-c4cncc(F)c4)cc3c2)CC1. The number of hydrogen-bond acceptors (Lipinski definition) is 4. The Morgan fingerprint density at radius 2 is 2.10 bits per heavy atom. The molecule has 0 bridgehead atoms. The molecule has 2 aliphatic rings. The monoisotopic (exact) mass is 412 g/mol. The van der Waals surface area contributed by atoms with E-state index in [9.17, 15) is 13.4 Å². The van der Waals surface area contributed by atoms with Crippen molar-refractivity contribution in [2.24, 2.45) is 15.7 Å². The molecule has 1 amide bonds. The van der Waals surface area contributed by atoms with Gasteiger partial charge in [0.25, 0.3) is 5.91 Å². The third-order valence-corrected chi connectivity index (χ3v) is 8.08.